The summed E-state index contributed by atoms with van der Waals surface area (Å²) in [7, 11) is 1.75. The van der Waals surface area contributed by atoms with E-state index in [1.54, 1.807) is 7.11 Å². The number of aliphatic carboxylic acids is 1. The van der Waals surface area contributed by atoms with Gasteiger partial charge in [-0.2, -0.15) is 0 Å². The average Bonchev–Trinajstić information content (AvgIpc) is 2.17. The molecule has 0 aromatic carbocycles. The number of nitrogens with zero attached hydrogens (tertiary/aromatic N) is 1. The van der Waals surface area contributed by atoms with Gasteiger partial charge >= 0.3 is 5.97 Å². The largest absolute Gasteiger partial charge is 0.478 e. The molecule has 0 saturated carbocycles. The molecular weight excluding hydrogens is 194 g/mol. The summed E-state index contributed by atoms with van der Waals surface area (Å²) in [5.74, 6) is -0.862. The zero-order chi connectivity index (χ0) is 11.3. The fourth-order valence-electron chi connectivity index (χ4n) is 1.91. The zero-order valence-electron chi connectivity index (χ0n) is 9.40. The van der Waals surface area contributed by atoms with Crippen molar-refractivity contribution in [3.63, 3.8) is 0 Å². The standard InChI is InChI=1S/C11H19NO3/c1-9(7-11(13)14)8-12-5-3-10(15-2)4-6-12/h7,10H,3-6,8H2,1-2H3,(H,13,14). The quantitative estimate of drug-likeness (QED) is 0.711. The number of carbonyl (C=O) groups is 1. The van der Waals surface area contributed by atoms with Crippen molar-refractivity contribution >= 4 is 5.97 Å². The maximum absolute atomic E-state index is 10.4. The highest BCUT2D eigenvalue weighted by atomic mass is 16.5. The molecule has 0 radical (unpaired) electrons. The molecule has 0 bridgehead atoms. The number of piperidine rings is 1. The van der Waals surface area contributed by atoms with Gasteiger partial charge in [0.15, 0.2) is 0 Å². The molecule has 0 unspecified atom stereocenters. The van der Waals surface area contributed by atoms with Crippen molar-refractivity contribution in [2.75, 3.05) is 26.7 Å². The maximum Gasteiger partial charge on any atom is 0.328 e. The van der Waals surface area contributed by atoms with Crippen molar-refractivity contribution in [3.05, 3.63) is 11.6 Å². The SMILES string of the molecule is COC1CCN(CC(C)=CC(=O)O)CC1. The molecule has 0 aliphatic carbocycles. The third kappa shape index (κ3) is 4.44. The number of carboxylic acid groups (broad SMARTS) is 1. The second-order valence-electron chi connectivity index (χ2n) is 4.04. The fourth-order valence-corrected chi connectivity index (χ4v) is 1.91. The van der Waals surface area contributed by atoms with Crippen molar-refractivity contribution in [2.24, 2.45) is 0 Å². The lowest BCUT2D eigenvalue weighted by atomic mass is 10.1. The minimum absolute atomic E-state index is 0.380. The average molecular weight is 213 g/mol. The van der Waals surface area contributed by atoms with Crippen molar-refractivity contribution in [2.45, 2.75) is 25.9 Å². The zero-order valence-corrected chi connectivity index (χ0v) is 9.40. The Kier molecular flexibility index (Phi) is 4.78. The molecule has 4 nitrogen and oxygen atoms in total. The molecule has 15 heavy (non-hydrogen) atoms. The molecule has 0 atom stereocenters. The van der Waals surface area contributed by atoms with Gasteiger partial charge in [-0.3, -0.25) is 4.90 Å². The number of carboxylic acids is 1. The maximum atomic E-state index is 10.4. The number of methoxy groups -OCH3 is 1. The van der Waals surface area contributed by atoms with Crippen LogP contribution in [0.1, 0.15) is 19.8 Å². The van der Waals surface area contributed by atoms with E-state index >= 15 is 0 Å². The molecule has 86 valence electrons. The van der Waals surface area contributed by atoms with Gasteiger partial charge < -0.3 is 9.84 Å². The van der Waals surface area contributed by atoms with Crippen LogP contribution >= 0.6 is 0 Å². The minimum Gasteiger partial charge on any atom is -0.478 e. The number of ether oxygens (including phenoxy) is 1. The summed E-state index contributed by atoms with van der Waals surface area (Å²) in [5.41, 5.74) is 0.901. The Bertz CT molecular complexity index is 242. The van der Waals surface area contributed by atoms with E-state index in [0.29, 0.717) is 6.10 Å². The Morgan fingerprint density at radius 1 is 1.53 bits per heavy atom. The number of hydrogen-bond donors (Lipinski definition) is 1. The van der Waals surface area contributed by atoms with Gasteiger partial charge in [-0.25, -0.2) is 4.79 Å². The molecule has 1 N–H and O–H groups in total. The van der Waals surface area contributed by atoms with E-state index in [9.17, 15) is 4.79 Å². The number of likely N-dealkylation sites (tertiary alicyclic amines) is 1. The predicted molar refractivity (Wildman–Crippen MR) is 57.9 cm³/mol. The smallest absolute Gasteiger partial charge is 0.328 e. The van der Waals surface area contributed by atoms with E-state index < -0.39 is 5.97 Å². The lowest BCUT2D eigenvalue weighted by Crippen LogP contribution is -2.37. The highest BCUT2D eigenvalue weighted by molar-refractivity contribution is 5.80. The lowest BCUT2D eigenvalue weighted by Gasteiger charge is -2.31. The molecule has 1 rings (SSSR count). The van der Waals surface area contributed by atoms with Crippen LogP contribution in [0.4, 0.5) is 0 Å². The van der Waals surface area contributed by atoms with Gasteiger partial charge in [-0.15, -0.1) is 0 Å². The monoisotopic (exact) mass is 213 g/mol. The second kappa shape index (κ2) is 5.88. The first-order chi connectivity index (χ1) is 7.11. The van der Waals surface area contributed by atoms with Gasteiger partial charge in [0.25, 0.3) is 0 Å². The van der Waals surface area contributed by atoms with Crippen LogP contribution in [0.25, 0.3) is 0 Å². The van der Waals surface area contributed by atoms with Gasteiger partial charge in [0.05, 0.1) is 6.10 Å². The Morgan fingerprint density at radius 3 is 2.60 bits per heavy atom. The summed E-state index contributed by atoms with van der Waals surface area (Å²) >= 11 is 0. The first-order valence-electron chi connectivity index (χ1n) is 5.27. The van der Waals surface area contributed by atoms with Gasteiger partial charge in [0.1, 0.15) is 0 Å². The summed E-state index contributed by atoms with van der Waals surface area (Å²) in [4.78, 5) is 12.7. The van der Waals surface area contributed by atoms with Crippen LogP contribution in [0.3, 0.4) is 0 Å². The van der Waals surface area contributed by atoms with Crippen LogP contribution in [-0.2, 0) is 9.53 Å². The van der Waals surface area contributed by atoms with Crippen LogP contribution in [0.2, 0.25) is 0 Å². The Hall–Kier alpha value is -0.870. The van der Waals surface area contributed by atoms with Crippen molar-refractivity contribution in [1.29, 1.82) is 0 Å². The van der Waals surface area contributed by atoms with E-state index in [0.717, 1.165) is 38.0 Å². The van der Waals surface area contributed by atoms with Crippen molar-refractivity contribution < 1.29 is 14.6 Å². The molecule has 0 amide bonds. The Balaban J connectivity index is 2.32. The van der Waals surface area contributed by atoms with E-state index in [1.807, 2.05) is 6.92 Å². The van der Waals surface area contributed by atoms with Crippen molar-refractivity contribution in [1.82, 2.24) is 4.90 Å². The van der Waals surface area contributed by atoms with E-state index in [1.165, 1.54) is 6.08 Å². The number of rotatable bonds is 4. The van der Waals surface area contributed by atoms with Crippen LogP contribution in [-0.4, -0.2) is 48.8 Å². The number of hydrogen-bond acceptors (Lipinski definition) is 3. The van der Waals surface area contributed by atoms with Crippen LogP contribution in [0, 0.1) is 0 Å². The third-order valence-corrected chi connectivity index (χ3v) is 2.71. The van der Waals surface area contributed by atoms with Crippen LogP contribution in [0.5, 0.6) is 0 Å². The van der Waals surface area contributed by atoms with Crippen LogP contribution < -0.4 is 0 Å². The molecule has 1 fully saturated rings. The highest BCUT2D eigenvalue weighted by Gasteiger charge is 2.18. The molecule has 1 aliphatic heterocycles. The van der Waals surface area contributed by atoms with Gasteiger partial charge in [0.2, 0.25) is 0 Å². The van der Waals surface area contributed by atoms with Gasteiger partial charge in [-0.05, 0) is 19.8 Å². The minimum atomic E-state index is -0.862. The molecule has 1 saturated heterocycles. The normalized spacial score (nSPS) is 20.5. The topological polar surface area (TPSA) is 49.8 Å². The molecule has 0 aromatic heterocycles. The molecule has 0 spiro atoms. The van der Waals surface area contributed by atoms with Gasteiger partial charge in [0, 0.05) is 32.8 Å². The summed E-state index contributed by atoms with van der Waals surface area (Å²) < 4.78 is 5.27. The molecular formula is C11H19NO3. The summed E-state index contributed by atoms with van der Waals surface area (Å²) in [6.07, 6.45) is 3.74. The Labute approximate surface area is 90.5 Å². The van der Waals surface area contributed by atoms with E-state index in [4.69, 9.17) is 9.84 Å². The van der Waals surface area contributed by atoms with Crippen LogP contribution in [0.15, 0.2) is 11.6 Å². The Morgan fingerprint density at radius 2 is 2.13 bits per heavy atom. The van der Waals surface area contributed by atoms with E-state index in [-0.39, 0.29) is 0 Å². The highest BCUT2D eigenvalue weighted by Crippen LogP contribution is 2.13. The molecule has 1 aliphatic rings. The lowest BCUT2D eigenvalue weighted by molar-refractivity contribution is -0.131. The molecule has 4 heteroatoms. The second-order valence-corrected chi connectivity index (χ2v) is 4.04. The predicted octanol–water partition coefficient (Wildman–Crippen LogP) is 1.13. The first kappa shape index (κ1) is 12.2. The molecule has 1 heterocycles. The third-order valence-electron chi connectivity index (χ3n) is 2.71. The molecule has 0 aromatic rings. The summed E-state index contributed by atoms with van der Waals surface area (Å²) in [6, 6.07) is 0. The van der Waals surface area contributed by atoms with E-state index in [2.05, 4.69) is 4.90 Å². The van der Waals surface area contributed by atoms with Gasteiger partial charge in [-0.1, -0.05) is 5.57 Å². The first-order valence-corrected chi connectivity index (χ1v) is 5.27. The summed E-state index contributed by atoms with van der Waals surface area (Å²) in [6.45, 7) is 4.59. The fraction of sp³-hybridized carbons (Fsp3) is 0.727. The summed E-state index contributed by atoms with van der Waals surface area (Å²) in [5, 5.41) is 8.58. The van der Waals surface area contributed by atoms with Crippen molar-refractivity contribution in [3.8, 4) is 0 Å².